The summed E-state index contributed by atoms with van der Waals surface area (Å²) in [5.41, 5.74) is 1.30. The van der Waals surface area contributed by atoms with Crippen LogP contribution < -0.4 is 14.8 Å². The van der Waals surface area contributed by atoms with E-state index in [0.29, 0.717) is 23.9 Å². The largest absolute Gasteiger partial charge is 0.573 e. The van der Waals surface area contributed by atoms with Gasteiger partial charge in [0.2, 0.25) is 5.95 Å². The minimum absolute atomic E-state index is 0.125. The van der Waals surface area contributed by atoms with Crippen molar-refractivity contribution in [3.8, 4) is 17.2 Å². The fourth-order valence-electron chi connectivity index (χ4n) is 4.39. The van der Waals surface area contributed by atoms with Crippen LogP contribution in [0.25, 0.3) is 5.69 Å². The van der Waals surface area contributed by atoms with Crippen LogP contribution in [-0.2, 0) is 6.54 Å². The molecule has 1 atom stereocenters. The topological polar surface area (TPSA) is 91.9 Å². The van der Waals surface area contributed by atoms with Gasteiger partial charge in [0, 0.05) is 24.2 Å². The predicted molar refractivity (Wildman–Crippen MR) is 125 cm³/mol. The van der Waals surface area contributed by atoms with Crippen molar-refractivity contribution in [3.63, 3.8) is 0 Å². The molecule has 0 saturated carbocycles. The lowest BCUT2D eigenvalue weighted by molar-refractivity contribution is -0.274. The Bertz CT molecular complexity index is 1400. The number of nitrogens with one attached hydrogen (secondary N) is 1. The number of ether oxygens (including phenoxy) is 2. The fraction of sp³-hybridized carbons (Fsp3) is 0.333. The fourth-order valence-corrected chi connectivity index (χ4v) is 4.39. The molecular weight excluding hydrogens is 494 g/mol. The highest BCUT2D eigenvalue weighted by Gasteiger charge is 2.31. The van der Waals surface area contributed by atoms with Gasteiger partial charge in [-0.3, -0.25) is 0 Å². The number of aryl methyl sites for hydroxylation is 2. The number of nitrogens with zero attached hydrogens (tertiary/aromatic N) is 6. The zero-order valence-corrected chi connectivity index (χ0v) is 20.0. The van der Waals surface area contributed by atoms with Crippen LogP contribution >= 0.6 is 0 Å². The molecule has 9 nitrogen and oxygen atoms in total. The summed E-state index contributed by atoms with van der Waals surface area (Å²) in [7, 11) is 1.43. The lowest BCUT2D eigenvalue weighted by Crippen LogP contribution is -2.17. The zero-order chi connectivity index (χ0) is 26.2. The number of methoxy groups -OCH3 is 1. The van der Waals surface area contributed by atoms with E-state index in [4.69, 9.17) is 4.74 Å². The van der Waals surface area contributed by atoms with E-state index in [0.717, 1.165) is 24.8 Å². The molecule has 0 aliphatic carbocycles. The molecule has 1 N–H and O–H groups in total. The van der Waals surface area contributed by atoms with E-state index in [2.05, 4.69) is 30.2 Å². The molecule has 0 bridgehead atoms. The highest BCUT2D eigenvalue weighted by atomic mass is 19.4. The molecule has 0 unspecified atom stereocenters. The van der Waals surface area contributed by atoms with Crippen LogP contribution in [0.2, 0.25) is 0 Å². The van der Waals surface area contributed by atoms with E-state index in [1.807, 2.05) is 0 Å². The molecule has 3 heterocycles. The Kier molecular flexibility index (Phi) is 6.44. The van der Waals surface area contributed by atoms with Gasteiger partial charge in [0.1, 0.15) is 35.2 Å². The van der Waals surface area contributed by atoms with Crippen LogP contribution in [-0.4, -0.2) is 43.0 Å². The molecule has 4 aromatic rings. The number of halogens is 4. The minimum Gasteiger partial charge on any atom is -0.494 e. The van der Waals surface area contributed by atoms with Gasteiger partial charge in [-0.25, -0.2) is 18.7 Å². The Morgan fingerprint density at radius 2 is 1.86 bits per heavy atom. The normalized spacial score (nSPS) is 15.7. The average Bonchev–Trinajstić information content (AvgIpc) is 3.38. The van der Waals surface area contributed by atoms with Crippen molar-refractivity contribution in [2.45, 2.75) is 45.0 Å². The van der Waals surface area contributed by atoms with E-state index in [1.54, 1.807) is 29.8 Å². The average molecular weight is 517 g/mol. The summed E-state index contributed by atoms with van der Waals surface area (Å²) in [4.78, 5) is 8.68. The number of fused-ring (bicyclic) bond motifs is 1. The monoisotopic (exact) mass is 517 g/mol. The van der Waals surface area contributed by atoms with Crippen LogP contribution in [0.5, 0.6) is 11.5 Å². The maximum absolute atomic E-state index is 15.1. The first-order valence-corrected chi connectivity index (χ1v) is 11.5. The molecule has 194 valence electrons. The second kappa shape index (κ2) is 9.71. The highest BCUT2D eigenvalue weighted by Crippen LogP contribution is 2.35. The highest BCUT2D eigenvalue weighted by molar-refractivity contribution is 5.62. The maximum Gasteiger partial charge on any atom is 0.573 e. The van der Waals surface area contributed by atoms with E-state index in [-0.39, 0.29) is 29.1 Å². The third-order valence-corrected chi connectivity index (χ3v) is 5.98. The molecule has 13 heteroatoms. The summed E-state index contributed by atoms with van der Waals surface area (Å²) >= 11 is 0. The number of hydrogen-bond donors (Lipinski definition) is 1. The van der Waals surface area contributed by atoms with Gasteiger partial charge < -0.3 is 14.8 Å². The summed E-state index contributed by atoms with van der Waals surface area (Å²) in [6, 6.07) is 8.69. The van der Waals surface area contributed by atoms with Crippen LogP contribution in [0.4, 0.5) is 29.2 Å². The molecule has 0 fully saturated rings. The maximum atomic E-state index is 15.1. The lowest BCUT2D eigenvalue weighted by Gasteiger charge is -2.15. The van der Waals surface area contributed by atoms with Gasteiger partial charge in [-0.15, -0.1) is 18.3 Å². The first-order valence-electron chi connectivity index (χ1n) is 11.5. The van der Waals surface area contributed by atoms with E-state index >= 15 is 4.39 Å². The zero-order valence-electron chi connectivity index (χ0n) is 20.0. The van der Waals surface area contributed by atoms with Crippen molar-refractivity contribution in [2.75, 3.05) is 12.4 Å². The quantitative estimate of drug-likeness (QED) is 0.348. The second-order valence-corrected chi connectivity index (χ2v) is 8.55. The van der Waals surface area contributed by atoms with E-state index in [1.165, 1.54) is 36.3 Å². The lowest BCUT2D eigenvalue weighted by atomic mass is 9.93. The van der Waals surface area contributed by atoms with Crippen molar-refractivity contribution in [1.29, 1.82) is 0 Å². The molecule has 0 radical (unpaired) electrons. The van der Waals surface area contributed by atoms with Gasteiger partial charge in [-0.1, -0.05) is 18.6 Å². The van der Waals surface area contributed by atoms with Gasteiger partial charge in [0.15, 0.2) is 5.82 Å². The molecule has 2 aromatic carbocycles. The Labute approximate surface area is 209 Å². The smallest absolute Gasteiger partial charge is 0.494 e. The Balaban J connectivity index is 1.41. The van der Waals surface area contributed by atoms with Gasteiger partial charge in [0.05, 0.1) is 7.11 Å². The Morgan fingerprint density at radius 3 is 2.54 bits per heavy atom. The molecule has 0 saturated heterocycles. The van der Waals surface area contributed by atoms with Crippen molar-refractivity contribution in [1.82, 2.24) is 29.5 Å². The standard InChI is InChI=1S/C24H23F4N7O2/c1-14-29-13-35(32-14)21-19(25)11-16(12-20(21)36-2)30-23-31-22-18(5-3-4-10-34(22)33-23)15-6-8-17(9-7-15)37-24(26,27)28/h6-9,11-13,18H,3-5,10H2,1-2H3,(H,30,33)/t18-/m1/s1. The van der Waals surface area contributed by atoms with Crippen molar-refractivity contribution in [2.24, 2.45) is 0 Å². The van der Waals surface area contributed by atoms with Gasteiger partial charge >= 0.3 is 6.36 Å². The summed E-state index contributed by atoms with van der Waals surface area (Å²) in [6.07, 6.45) is -0.814. The van der Waals surface area contributed by atoms with E-state index < -0.39 is 12.2 Å². The molecule has 1 aliphatic rings. The molecule has 37 heavy (non-hydrogen) atoms. The third-order valence-electron chi connectivity index (χ3n) is 5.98. The van der Waals surface area contributed by atoms with Gasteiger partial charge in [-0.05, 0) is 43.5 Å². The summed E-state index contributed by atoms with van der Waals surface area (Å²) in [5, 5.41) is 11.7. The molecule has 0 amide bonds. The molecule has 0 spiro atoms. The number of rotatable bonds is 6. The minimum atomic E-state index is -4.75. The van der Waals surface area contributed by atoms with Crippen LogP contribution in [0.1, 0.15) is 42.4 Å². The number of alkyl halides is 3. The van der Waals surface area contributed by atoms with Gasteiger partial charge in [0.25, 0.3) is 0 Å². The second-order valence-electron chi connectivity index (χ2n) is 8.55. The molecule has 5 rings (SSSR count). The van der Waals surface area contributed by atoms with Crippen molar-refractivity contribution in [3.05, 3.63) is 65.8 Å². The first-order chi connectivity index (χ1) is 17.7. The van der Waals surface area contributed by atoms with Crippen molar-refractivity contribution >= 4 is 11.6 Å². The molecular formula is C24H23F4N7O2. The summed E-state index contributed by atoms with van der Waals surface area (Å²) < 4.78 is 65.1. The molecule has 1 aliphatic heterocycles. The molecule has 2 aromatic heterocycles. The van der Waals surface area contributed by atoms with Crippen LogP contribution in [0.3, 0.4) is 0 Å². The predicted octanol–water partition coefficient (Wildman–Crippen LogP) is 5.27. The summed E-state index contributed by atoms with van der Waals surface area (Å²) in [5.74, 6) is 0.642. The Hall–Kier alpha value is -4.16. The van der Waals surface area contributed by atoms with Crippen LogP contribution in [0.15, 0.2) is 42.7 Å². The number of hydrogen-bond acceptors (Lipinski definition) is 7. The summed E-state index contributed by atoms with van der Waals surface area (Å²) in [6.45, 7) is 2.33. The van der Waals surface area contributed by atoms with Gasteiger partial charge in [-0.2, -0.15) is 10.1 Å². The van der Waals surface area contributed by atoms with E-state index in [9.17, 15) is 13.2 Å². The number of aromatic nitrogens is 6. The number of anilines is 2. The Morgan fingerprint density at radius 1 is 1.08 bits per heavy atom. The third kappa shape index (κ3) is 5.34. The number of benzene rings is 2. The van der Waals surface area contributed by atoms with Crippen molar-refractivity contribution < 1.29 is 27.0 Å². The SMILES string of the molecule is COc1cc(Nc2nc3n(n2)CCCC[C@@H]3c2ccc(OC(F)(F)F)cc2)cc(F)c1-n1cnc(C)n1. The first kappa shape index (κ1) is 24.5. The van der Waals surface area contributed by atoms with Crippen LogP contribution in [0, 0.1) is 12.7 Å².